The van der Waals surface area contributed by atoms with Gasteiger partial charge in [0, 0.05) is 35.1 Å². The van der Waals surface area contributed by atoms with E-state index in [1.165, 1.54) is 13.8 Å². The van der Waals surface area contributed by atoms with Gasteiger partial charge in [0.15, 0.2) is 6.23 Å². The van der Waals surface area contributed by atoms with Crippen molar-refractivity contribution in [3.05, 3.63) is 95.1 Å². The number of nitrogens with two attached hydrogens (primary N) is 2. The maximum absolute atomic E-state index is 13.7. The van der Waals surface area contributed by atoms with Crippen LogP contribution in [0.2, 0.25) is 0 Å². The number of hydrogen-bond donors (Lipinski definition) is 8. The zero-order valence-electron chi connectivity index (χ0n) is 35.8. The van der Waals surface area contributed by atoms with Crippen LogP contribution in [-0.2, 0) is 40.7 Å². The van der Waals surface area contributed by atoms with Gasteiger partial charge in [-0.1, -0.05) is 82.3 Å². The Morgan fingerprint density at radius 2 is 1.51 bits per heavy atom. The Kier molecular flexibility index (Phi) is 16.3. The summed E-state index contributed by atoms with van der Waals surface area (Å²) in [6, 6.07) is 18.7. The summed E-state index contributed by atoms with van der Waals surface area (Å²) in [5.74, 6) is 3.15. The fourth-order valence-corrected chi connectivity index (χ4v) is 7.22. The van der Waals surface area contributed by atoms with Gasteiger partial charge in [0.05, 0.1) is 24.0 Å². The van der Waals surface area contributed by atoms with Crippen molar-refractivity contribution in [2.75, 3.05) is 17.3 Å². The molecule has 0 radical (unpaired) electrons. The molecule has 0 aromatic heterocycles. The van der Waals surface area contributed by atoms with E-state index < -0.39 is 53.6 Å². The SMILES string of the molecule is CN[C@H](C(N)=O)C(C)(C)c1cccc(NC(=O)OC(C)NC(=O)[C@H](C)NC(=O)[C@@H](NC(=O)CCCCC(=O)N2Cc3ccccc3C(=N)C(=NN)c3ccccc32)C(C)C)c1. The van der Waals surface area contributed by atoms with Gasteiger partial charge < -0.3 is 42.5 Å². The third kappa shape index (κ3) is 12.0. The molecule has 6 amide bonds. The second-order valence-electron chi connectivity index (χ2n) is 15.8. The van der Waals surface area contributed by atoms with Gasteiger partial charge in [0.1, 0.15) is 17.8 Å². The molecule has 0 saturated carbocycles. The van der Waals surface area contributed by atoms with E-state index in [9.17, 15) is 28.8 Å². The fourth-order valence-electron chi connectivity index (χ4n) is 7.22. The van der Waals surface area contributed by atoms with Crippen molar-refractivity contribution in [1.82, 2.24) is 21.3 Å². The number of amides is 6. The third-order valence-electron chi connectivity index (χ3n) is 10.6. The summed E-state index contributed by atoms with van der Waals surface area (Å²) >= 11 is 0. The molecule has 0 spiro atoms. The number of carbonyl (C=O) groups excluding carboxylic acids is 6. The van der Waals surface area contributed by atoms with Crippen molar-refractivity contribution in [2.45, 2.75) is 104 Å². The molecule has 3 aromatic rings. The highest BCUT2D eigenvalue weighted by Gasteiger charge is 2.35. The third-order valence-corrected chi connectivity index (χ3v) is 10.6. The Balaban J connectivity index is 1.26. The Morgan fingerprint density at radius 1 is 0.852 bits per heavy atom. The fraction of sp³-hybridized carbons (Fsp3) is 0.409. The lowest BCUT2D eigenvalue weighted by molar-refractivity contribution is -0.133. The van der Waals surface area contributed by atoms with Crippen LogP contribution >= 0.6 is 0 Å². The maximum Gasteiger partial charge on any atom is 0.413 e. The van der Waals surface area contributed by atoms with E-state index in [1.54, 1.807) is 74.3 Å². The number of anilines is 2. The molecule has 326 valence electrons. The number of carbonyl (C=O) groups is 6. The van der Waals surface area contributed by atoms with E-state index in [0.717, 1.165) is 11.1 Å². The summed E-state index contributed by atoms with van der Waals surface area (Å²) in [5.41, 5.74) is 8.99. The normalized spacial score (nSPS) is 15.2. The first-order valence-corrected chi connectivity index (χ1v) is 20.2. The Morgan fingerprint density at radius 3 is 2.16 bits per heavy atom. The number of fused-ring (bicyclic) bond motifs is 2. The first-order valence-electron chi connectivity index (χ1n) is 20.2. The molecule has 4 atom stereocenters. The zero-order valence-corrected chi connectivity index (χ0v) is 35.8. The number of hydrogen-bond acceptors (Lipinski definition) is 11. The van der Waals surface area contributed by atoms with Crippen LogP contribution in [0, 0.1) is 11.3 Å². The molecule has 3 aromatic carbocycles. The molecule has 1 aliphatic heterocycles. The maximum atomic E-state index is 13.7. The number of primary amides is 1. The summed E-state index contributed by atoms with van der Waals surface area (Å²) < 4.78 is 5.32. The lowest BCUT2D eigenvalue weighted by atomic mass is 9.77. The van der Waals surface area contributed by atoms with E-state index in [2.05, 4.69) is 31.7 Å². The number of benzene rings is 3. The van der Waals surface area contributed by atoms with Crippen LogP contribution in [0.25, 0.3) is 0 Å². The molecule has 0 aliphatic carbocycles. The summed E-state index contributed by atoms with van der Waals surface area (Å²) in [6.45, 7) is 10.4. The molecule has 17 heteroatoms. The summed E-state index contributed by atoms with van der Waals surface area (Å²) in [4.78, 5) is 79.4. The minimum absolute atomic E-state index is 0.0587. The molecule has 17 nitrogen and oxygen atoms in total. The Hall–Kier alpha value is -6.62. The summed E-state index contributed by atoms with van der Waals surface area (Å²) in [7, 11) is 1.64. The Bertz CT molecular complexity index is 2150. The van der Waals surface area contributed by atoms with Crippen molar-refractivity contribution >= 4 is 58.4 Å². The first-order chi connectivity index (χ1) is 28.9. The lowest BCUT2D eigenvalue weighted by Gasteiger charge is -2.32. The highest BCUT2D eigenvalue weighted by Crippen LogP contribution is 2.31. The van der Waals surface area contributed by atoms with Crippen LogP contribution in [0.3, 0.4) is 0 Å². The van der Waals surface area contributed by atoms with Gasteiger partial charge in [-0.05, 0) is 69.0 Å². The second-order valence-corrected chi connectivity index (χ2v) is 15.8. The number of ether oxygens (including phenoxy) is 1. The van der Waals surface area contributed by atoms with Gasteiger partial charge in [-0.3, -0.25) is 34.7 Å². The second kappa shape index (κ2) is 21.1. The summed E-state index contributed by atoms with van der Waals surface area (Å²) in [5, 5.41) is 26.2. The van der Waals surface area contributed by atoms with Crippen LogP contribution < -0.4 is 43.1 Å². The number of hydrazone groups is 1. The number of nitrogens with zero attached hydrogens (tertiary/aromatic N) is 2. The number of unbranched alkanes of at least 4 members (excludes halogenated alkanes) is 1. The molecule has 61 heavy (non-hydrogen) atoms. The van der Waals surface area contributed by atoms with Crippen molar-refractivity contribution < 1.29 is 33.5 Å². The van der Waals surface area contributed by atoms with Crippen molar-refractivity contribution in [3.63, 3.8) is 0 Å². The van der Waals surface area contributed by atoms with Crippen LogP contribution in [0.1, 0.15) is 89.5 Å². The average molecular weight is 839 g/mol. The number of para-hydroxylation sites is 1. The first kappa shape index (κ1) is 47.1. The molecular weight excluding hydrogens is 781 g/mol. The van der Waals surface area contributed by atoms with E-state index in [0.29, 0.717) is 35.3 Å². The van der Waals surface area contributed by atoms with Gasteiger partial charge in [0.25, 0.3) is 0 Å². The van der Waals surface area contributed by atoms with Crippen LogP contribution in [0.15, 0.2) is 77.9 Å². The van der Waals surface area contributed by atoms with Crippen LogP contribution in [-0.4, -0.2) is 78.5 Å². The molecule has 1 heterocycles. The largest absolute Gasteiger partial charge is 0.426 e. The Labute approximate surface area is 356 Å². The topological polar surface area (TPSA) is 263 Å². The molecule has 10 N–H and O–H groups in total. The van der Waals surface area contributed by atoms with Crippen LogP contribution in [0.4, 0.5) is 16.2 Å². The monoisotopic (exact) mass is 838 g/mol. The highest BCUT2D eigenvalue weighted by atomic mass is 16.6. The lowest BCUT2D eigenvalue weighted by Crippen LogP contribution is -2.55. The predicted octanol–water partition coefficient (Wildman–Crippen LogP) is 3.53. The molecule has 4 rings (SSSR count). The van der Waals surface area contributed by atoms with Crippen molar-refractivity contribution in [1.29, 1.82) is 5.41 Å². The van der Waals surface area contributed by atoms with Gasteiger partial charge in [-0.15, -0.1) is 0 Å². The van der Waals surface area contributed by atoms with Gasteiger partial charge in [0.2, 0.25) is 29.5 Å². The minimum atomic E-state index is -1.08. The molecule has 1 aliphatic rings. The molecule has 1 unspecified atom stereocenters. The molecule has 0 fully saturated rings. The van der Waals surface area contributed by atoms with Gasteiger partial charge in [-0.25, -0.2) is 4.79 Å². The molecule has 0 bridgehead atoms. The highest BCUT2D eigenvalue weighted by molar-refractivity contribution is 6.53. The number of nitrogens with one attached hydrogen (secondary N) is 6. The van der Waals surface area contributed by atoms with Gasteiger partial charge in [-0.2, -0.15) is 5.10 Å². The van der Waals surface area contributed by atoms with E-state index in [4.69, 9.17) is 21.7 Å². The molecule has 0 saturated heterocycles. The number of rotatable bonds is 17. The summed E-state index contributed by atoms with van der Waals surface area (Å²) in [6.07, 6.45) is -0.962. The average Bonchev–Trinajstić information content (AvgIpc) is 3.20. The van der Waals surface area contributed by atoms with E-state index >= 15 is 0 Å². The van der Waals surface area contributed by atoms with Crippen LogP contribution in [0.5, 0.6) is 0 Å². The quantitative estimate of drug-likeness (QED) is 0.0427. The van der Waals surface area contributed by atoms with Crippen molar-refractivity contribution in [2.24, 2.45) is 22.6 Å². The van der Waals surface area contributed by atoms with Crippen molar-refractivity contribution in [3.8, 4) is 0 Å². The predicted molar refractivity (Wildman–Crippen MR) is 234 cm³/mol. The molecular formula is C44H58N10O7. The minimum Gasteiger partial charge on any atom is -0.426 e. The van der Waals surface area contributed by atoms with E-state index in [1.807, 2.05) is 38.1 Å². The number of likely N-dealkylation sites (N-methyl/N-ethyl adjacent to an activating group) is 1. The smallest absolute Gasteiger partial charge is 0.413 e. The zero-order chi connectivity index (χ0) is 45.0. The van der Waals surface area contributed by atoms with E-state index in [-0.39, 0.29) is 48.5 Å². The standard InChI is InChI=1S/C44H58N10O7/c1-25(2)37(42(59)49-26(3)41(58)50-27(4)61-43(60)51-30-17-14-16-29(23-30)44(5,6)39(48-7)40(46)57)52-34(55)21-12-13-22-35(56)54-24-28-15-8-9-18-31(28)36(45)38(53-47)32-19-10-11-20-33(32)54/h8-11,14-20,23,25-27,37,39,45,48H,12-13,21-22,24,47H2,1-7H3,(H2,46,57)(H,49,59)(H,50,58)(H,51,60)(H,52,55)/t26-,27?,37-,39+/m0/s1. The van der Waals surface area contributed by atoms with Gasteiger partial charge >= 0.3 is 6.09 Å².